The number of esters is 1. The average Bonchev–Trinajstić information content (AvgIpc) is 2.82. The van der Waals surface area contributed by atoms with Crippen molar-refractivity contribution in [2.24, 2.45) is 0 Å². The van der Waals surface area contributed by atoms with Crippen molar-refractivity contribution in [1.82, 2.24) is 0 Å². The number of hydrogen-bond donors (Lipinski definition) is 3. The summed E-state index contributed by atoms with van der Waals surface area (Å²) in [6.07, 6.45) is 0. The van der Waals surface area contributed by atoms with E-state index in [1.165, 1.54) is 18.2 Å². The Balaban J connectivity index is 1.97. The molecule has 0 fully saturated rings. The maximum atomic E-state index is 13.2. The third-order valence-corrected chi connectivity index (χ3v) is 12.8. The van der Waals surface area contributed by atoms with Crippen LogP contribution < -0.4 is 10.6 Å². The first kappa shape index (κ1) is 33.9. The zero-order valence-corrected chi connectivity index (χ0v) is 32.8. The molecule has 0 aliphatic rings. The van der Waals surface area contributed by atoms with E-state index in [1.54, 1.807) is 12.1 Å². The van der Waals surface area contributed by atoms with Crippen LogP contribution in [-0.4, -0.2) is 43.1 Å². The molecule has 16 heteroatoms. The summed E-state index contributed by atoms with van der Waals surface area (Å²) < 4.78 is 40.9. The lowest BCUT2D eigenvalue weighted by molar-refractivity contribution is 0.0528. The molecule has 0 radical (unpaired) electrons. The van der Waals surface area contributed by atoms with Gasteiger partial charge in [-0.05, 0) is 178 Å². The van der Waals surface area contributed by atoms with Crippen molar-refractivity contribution in [3.63, 3.8) is 0 Å². The molecule has 3 aromatic rings. The number of ether oxygens (including phenoxy) is 1. The lowest BCUT2D eigenvalue weighted by Gasteiger charge is -2.14. The van der Waals surface area contributed by atoms with E-state index in [1.807, 2.05) is 12.1 Å². The number of halogens is 6. The van der Waals surface area contributed by atoms with Crippen LogP contribution in [-0.2, 0) is 14.9 Å². The molecular formula is C23H14I6N2O7S. The zero-order chi connectivity index (χ0) is 29.1. The summed E-state index contributed by atoms with van der Waals surface area (Å²) in [6, 6.07) is 11.5. The maximum absolute atomic E-state index is 13.2. The second-order valence-corrected chi connectivity index (χ2v) is 16.2. The van der Waals surface area contributed by atoms with Crippen molar-refractivity contribution in [2.75, 3.05) is 23.0 Å². The van der Waals surface area contributed by atoms with Gasteiger partial charge < -0.3 is 15.4 Å². The van der Waals surface area contributed by atoms with Crippen molar-refractivity contribution in [1.29, 1.82) is 0 Å². The molecule has 0 bridgehead atoms. The molecule has 2 amide bonds. The molecule has 0 atom stereocenters. The molecule has 0 aromatic heterocycles. The van der Waals surface area contributed by atoms with Crippen molar-refractivity contribution >= 4 is 175 Å². The SMILES string of the molecule is O=C(OCCS(=O)(=O)O)c1cc(NC(=O)c2cc(I)cc(I)c2I)cc(NC(=O)c2cc(I)cc(I)c2I)c1. The molecule has 9 nitrogen and oxygen atoms in total. The van der Waals surface area contributed by atoms with Gasteiger partial charge in [-0.25, -0.2) is 4.79 Å². The first-order chi connectivity index (χ1) is 18.1. The number of carbonyl (C=O) groups is 3. The largest absolute Gasteiger partial charge is 0.461 e. The van der Waals surface area contributed by atoms with Crippen LogP contribution in [0.1, 0.15) is 31.1 Å². The fourth-order valence-corrected chi connectivity index (χ4v) is 8.15. The van der Waals surface area contributed by atoms with E-state index in [-0.39, 0.29) is 16.9 Å². The number of benzene rings is 3. The topological polar surface area (TPSA) is 139 Å². The summed E-state index contributed by atoms with van der Waals surface area (Å²) >= 11 is 12.7. The average molecular weight is 1220 g/mol. The highest BCUT2D eigenvalue weighted by Crippen LogP contribution is 2.27. The third kappa shape index (κ3) is 9.96. The van der Waals surface area contributed by atoms with Gasteiger partial charge in [0, 0.05) is 32.8 Å². The van der Waals surface area contributed by atoms with E-state index in [0.29, 0.717) is 11.1 Å². The van der Waals surface area contributed by atoms with Gasteiger partial charge in [0.15, 0.2) is 0 Å². The van der Waals surface area contributed by atoms with Gasteiger partial charge >= 0.3 is 5.97 Å². The lowest BCUT2D eigenvalue weighted by atomic mass is 10.1. The zero-order valence-electron chi connectivity index (χ0n) is 19.0. The molecule has 206 valence electrons. The highest BCUT2D eigenvalue weighted by molar-refractivity contribution is 14.1. The second kappa shape index (κ2) is 14.7. The molecule has 3 aromatic carbocycles. The van der Waals surface area contributed by atoms with Gasteiger partial charge in [0.05, 0.1) is 16.7 Å². The molecule has 0 saturated carbocycles. The summed E-state index contributed by atoms with van der Waals surface area (Å²) in [5.41, 5.74) is 1.23. The number of rotatable bonds is 8. The van der Waals surface area contributed by atoms with Crippen molar-refractivity contribution in [3.05, 3.63) is 80.6 Å². The minimum absolute atomic E-state index is 0.0442. The Bertz CT molecular complexity index is 1510. The van der Waals surface area contributed by atoms with Crippen LogP contribution in [0.3, 0.4) is 0 Å². The number of hydrogen-bond acceptors (Lipinski definition) is 6. The summed E-state index contributed by atoms with van der Waals surface area (Å²) in [7, 11) is -4.33. The molecule has 39 heavy (non-hydrogen) atoms. The van der Waals surface area contributed by atoms with E-state index >= 15 is 0 Å². The van der Waals surface area contributed by atoms with Gasteiger partial charge in [0.2, 0.25) is 0 Å². The fraction of sp³-hybridized carbons (Fsp3) is 0.0870. The summed E-state index contributed by atoms with van der Waals surface area (Å²) in [5, 5.41) is 5.53. The van der Waals surface area contributed by atoms with Gasteiger partial charge in [-0.15, -0.1) is 0 Å². The quantitative estimate of drug-likeness (QED) is 0.0971. The first-order valence-electron chi connectivity index (χ1n) is 10.3. The van der Waals surface area contributed by atoms with Crippen LogP contribution in [0.5, 0.6) is 0 Å². The van der Waals surface area contributed by atoms with Crippen LogP contribution >= 0.6 is 136 Å². The van der Waals surface area contributed by atoms with Crippen LogP contribution in [0.15, 0.2) is 42.5 Å². The molecule has 0 heterocycles. The first-order valence-corrected chi connectivity index (χ1v) is 18.4. The summed E-state index contributed by atoms with van der Waals surface area (Å²) in [5.74, 6) is -2.52. The van der Waals surface area contributed by atoms with E-state index in [4.69, 9.17) is 9.29 Å². The van der Waals surface area contributed by atoms with Gasteiger partial charge in [-0.1, -0.05) is 0 Å². The Morgan fingerprint density at radius 1 is 0.718 bits per heavy atom. The van der Waals surface area contributed by atoms with Gasteiger partial charge in [-0.3, -0.25) is 14.1 Å². The van der Waals surface area contributed by atoms with Gasteiger partial charge in [0.25, 0.3) is 21.9 Å². The molecule has 0 unspecified atom stereocenters. The Morgan fingerprint density at radius 3 is 1.56 bits per heavy atom. The van der Waals surface area contributed by atoms with Crippen molar-refractivity contribution in [2.45, 2.75) is 0 Å². The summed E-state index contributed by atoms with van der Waals surface area (Å²) in [4.78, 5) is 39.0. The van der Waals surface area contributed by atoms with Crippen LogP contribution in [0.2, 0.25) is 0 Å². The molecule has 0 spiro atoms. The molecular weight excluding hydrogens is 1210 g/mol. The van der Waals surface area contributed by atoms with Gasteiger partial charge in [-0.2, -0.15) is 8.42 Å². The van der Waals surface area contributed by atoms with Crippen molar-refractivity contribution in [3.8, 4) is 0 Å². The number of anilines is 2. The van der Waals surface area contributed by atoms with Crippen LogP contribution in [0, 0.1) is 21.4 Å². The highest BCUT2D eigenvalue weighted by Gasteiger charge is 2.19. The monoisotopic (exact) mass is 1220 g/mol. The molecule has 0 aliphatic carbocycles. The molecule has 0 saturated heterocycles. The normalized spacial score (nSPS) is 11.2. The number of nitrogens with one attached hydrogen (secondary N) is 2. The maximum Gasteiger partial charge on any atom is 0.338 e. The number of amides is 2. The van der Waals surface area contributed by atoms with Crippen LogP contribution in [0.4, 0.5) is 11.4 Å². The number of carbonyl (C=O) groups excluding carboxylic acids is 3. The van der Waals surface area contributed by atoms with Crippen molar-refractivity contribution < 1.29 is 32.1 Å². The fourth-order valence-electron chi connectivity index (χ4n) is 3.05. The standard InChI is InChI=1S/C23H14I6N2O7S/c24-11-5-15(19(28)17(26)7-11)21(32)30-13-3-10(23(34)38-1-2-39(35,36)37)4-14(9-13)31-22(33)16-6-12(25)8-18(27)20(16)29/h3-9H,1-2H2,(H,30,32)(H,31,33)(H,35,36,37). The van der Waals surface area contributed by atoms with Gasteiger partial charge in [0.1, 0.15) is 12.4 Å². The second-order valence-electron chi connectivity index (χ2n) is 7.63. The predicted octanol–water partition coefficient (Wildman–Crippen LogP) is 6.86. The molecule has 0 aliphatic heterocycles. The minimum Gasteiger partial charge on any atom is -0.461 e. The third-order valence-electron chi connectivity index (χ3n) is 4.73. The highest BCUT2D eigenvalue weighted by atomic mass is 127. The van der Waals surface area contributed by atoms with E-state index in [0.717, 1.165) is 21.4 Å². The lowest BCUT2D eigenvalue weighted by Crippen LogP contribution is -2.18. The van der Waals surface area contributed by atoms with Crippen LogP contribution in [0.25, 0.3) is 0 Å². The predicted molar refractivity (Wildman–Crippen MR) is 198 cm³/mol. The summed E-state index contributed by atoms with van der Waals surface area (Å²) in [6.45, 7) is -0.575. The minimum atomic E-state index is -4.33. The van der Waals surface area contributed by atoms with E-state index in [2.05, 4.69) is 146 Å². The molecule has 3 rings (SSSR count). The Hall–Kier alpha value is 0.360. The van der Waals surface area contributed by atoms with E-state index < -0.39 is 40.3 Å². The Kier molecular flexibility index (Phi) is 12.8. The molecule has 3 N–H and O–H groups in total. The Morgan fingerprint density at radius 2 is 1.15 bits per heavy atom. The van der Waals surface area contributed by atoms with E-state index in [9.17, 15) is 22.8 Å². The Labute approximate surface area is 305 Å². The smallest absolute Gasteiger partial charge is 0.338 e.